The van der Waals surface area contributed by atoms with Gasteiger partial charge >= 0.3 is 0 Å². The number of hydrogen-bond acceptors (Lipinski definition) is 3. The summed E-state index contributed by atoms with van der Waals surface area (Å²) in [7, 11) is 0. The Morgan fingerprint density at radius 1 is 1.61 bits per heavy atom. The fourth-order valence-electron chi connectivity index (χ4n) is 1.78. The number of carbonyl (C=O) groups excluding carboxylic acids is 3. The van der Waals surface area contributed by atoms with Crippen molar-refractivity contribution in [2.75, 3.05) is 0 Å². The number of primary amides is 1. The molecule has 0 aromatic heterocycles. The van der Waals surface area contributed by atoms with Crippen molar-refractivity contribution < 1.29 is 14.4 Å². The Bertz CT molecular complexity index is 387. The number of rotatable bonds is 6. The number of terminal acetylenes is 1. The van der Waals surface area contributed by atoms with Crippen LogP contribution in [0.1, 0.15) is 32.1 Å². The highest BCUT2D eigenvalue weighted by Crippen LogP contribution is 2.08. The average molecular weight is 251 g/mol. The van der Waals surface area contributed by atoms with E-state index < -0.39 is 18.0 Å². The third-order valence-corrected chi connectivity index (χ3v) is 2.79. The van der Waals surface area contributed by atoms with Crippen molar-refractivity contribution in [3.63, 3.8) is 0 Å². The van der Waals surface area contributed by atoms with Gasteiger partial charge in [-0.3, -0.25) is 14.4 Å². The molecule has 6 heteroatoms. The van der Waals surface area contributed by atoms with E-state index in [2.05, 4.69) is 16.6 Å². The number of carbonyl (C=O) groups is 3. The first kappa shape index (κ1) is 14.0. The van der Waals surface area contributed by atoms with Crippen molar-refractivity contribution in [2.45, 2.75) is 44.2 Å². The lowest BCUT2D eigenvalue weighted by Crippen LogP contribution is -2.50. The molecule has 0 unspecified atom stereocenters. The van der Waals surface area contributed by atoms with Gasteiger partial charge in [0.1, 0.15) is 12.1 Å². The molecule has 0 aromatic carbocycles. The molecule has 0 spiro atoms. The van der Waals surface area contributed by atoms with Gasteiger partial charge in [0.05, 0.1) is 0 Å². The summed E-state index contributed by atoms with van der Waals surface area (Å²) in [5.41, 5.74) is 5.20. The number of amides is 3. The van der Waals surface area contributed by atoms with Gasteiger partial charge in [-0.15, -0.1) is 12.3 Å². The molecule has 0 aliphatic carbocycles. The normalized spacial score (nSPS) is 19.7. The van der Waals surface area contributed by atoms with Crippen LogP contribution in [0.3, 0.4) is 0 Å². The Labute approximate surface area is 106 Å². The topological polar surface area (TPSA) is 101 Å². The van der Waals surface area contributed by atoms with Crippen molar-refractivity contribution >= 4 is 17.7 Å². The average Bonchev–Trinajstić information content (AvgIpc) is 2.74. The summed E-state index contributed by atoms with van der Waals surface area (Å²) in [5, 5.41) is 5.07. The Morgan fingerprint density at radius 3 is 2.83 bits per heavy atom. The first-order chi connectivity index (χ1) is 8.54. The number of nitrogens with one attached hydrogen (secondary N) is 2. The molecule has 2 atom stereocenters. The molecular formula is C12H17N3O3. The summed E-state index contributed by atoms with van der Waals surface area (Å²) >= 11 is 0. The lowest BCUT2D eigenvalue weighted by Gasteiger charge is -2.17. The van der Waals surface area contributed by atoms with E-state index in [1.165, 1.54) is 0 Å². The predicted octanol–water partition coefficient (Wildman–Crippen LogP) is -0.961. The van der Waals surface area contributed by atoms with Crippen molar-refractivity contribution in [2.24, 2.45) is 5.73 Å². The molecule has 1 aliphatic rings. The van der Waals surface area contributed by atoms with Gasteiger partial charge in [-0.2, -0.15) is 0 Å². The van der Waals surface area contributed by atoms with E-state index in [1.807, 2.05) is 0 Å². The largest absolute Gasteiger partial charge is 0.368 e. The molecular weight excluding hydrogens is 234 g/mol. The van der Waals surface area contributed by atoms with Gasteiger partial charge in [0, 0.05) is 12.8 Å². The Balaban J connectivity index is 2.45. The molecule has 1 rings (SSSR count). The minimum absolute atomic E-state index is 0.155. The molecule has 1 heterocycles. The van der Waals surface area contributed by atoms with Crippen LogP contribution in [0, 0.1) is 12.3 Å². The van der Waals surface area contributed by atoms with Gasteiger partial charge in [0.2, 0.25) is 17.7 Å². The molecule has 0 aromatic rings. The van der Waals surface area contributed by atoms with Gasteiger partial charge in [0.25, 0.3) is 0 Å². The van der Waals surface area contributed by atoms with Crippen LogP contribution in [0.2, 0.25) is 0 Å². The molecule has 0 saturated carbocycles. The summed E-state index contributed by atoms with van der Waals surface area (Å²) in [6.45, 7) is 0. The second-order valence-corrected chi connectivity index (χ2v) is 4.22. The van der Waals surface area contributed by atoms with Gasteiger partial charge < -0.3 is 16.4 Å². The predicted molar refractivity (Wildman–Crippen MR) is 65.0 cm³/mol. The maximum Gasteiger partial charge on any atom is 0.243 e. The van der Waals surface area contributed by atoms with Gasteiger partial charge in [-0.1, -0.05) is 0 Å². The summed E-state index contributed by atoms with van der Waals surface area (Å²) in [4.78, 5) is 33.9. The van der Waals surface area contributed by atoms with Crippen molar-refractivity contribution in [1.29, 1.82) is 0 Å². The zero-order chi connectivity index (χ0) is 13.5. The molecule has 1 fully saturated rings. The first-order valence-electron chi connectivity index (χ1n) is 5.87. The van der Waals surface area contributed by atoms with Crippen LogP contribution in [0.15, 0.2) is 0 Å². The van der Waals surface area contributed by atoms with E-state index in [4.69, 9.17) is 12.2 Å². The van der Waals surface area contributed by atoms with Crippen molar-refractivity contribution in [1.82, 2.24) is 10.6 Å². The molecule has 98 valence electrons. The van der Waals surface area contributed by atoms with E-state index in [0.29, 0.717) is 32.1 Å². The molecule has 0 radical (unpaired) electrons. The second kappa shape index (κ2) is 6.64. The van der Waals surface area contributed by atoms with Crippen molar-refractivity contribution in [3.8, 4) is 12.3 Å². The molecule has 1 aliphatic heterocycles. The SMILES string of the molecule is C#CCCC[C@H](NC(=O)[C@H]1CCC(=O)N1)C(N)=O. The molecule has 0 bridgehead atoms. The maximum atomic E-state index is 11.8. The summed E-state index contributed by atoms with van der Waals surface area (Å²) in [6, 6.07) is -1.30. The summed E-state index contributed by atoms with van der Waals surface area (Å²) < 4.78 is 0. The van der Waals surface area contributed by atoms with Crippen LogP contribution in [0.4, 0.5) is 0 Å². The lowest BCUT2D eigenvalue weighted by molar-refractivity contribution is -0.129. The number of nitrogens with two attached hydrogens (primary N) is 1. The number of hydrogen-bond donors (Lipinski definition) is 3. The highest BCUT2D eigenvalue weighted by atomic mass is 16.2. The zero-order valence-corrected chi connectivity index (χ0v) is 10.1. The highest BCUT2D eigenvalue weighted by molar-refractivity contribution is 5.93. The Morgan fingerprint density at radius 2 is 2.33 bits per heavy atom. The van der Waals surface area contributed by atoms with E-state index in [1.54, 1.807) is 0 Å². The van der Waals surface area contributed by atoms with Crippen LogP contribution >= 0.6 is 0 Å². The van der Waals surface area contributed by atoms with Gasteiger partial charge in [-0.25, -0.2) is 0 Å². The van der Waals surface area contributed by atoms with Gasteiger partial charge in [0.15, 0.2) is 0 Å². The quantitative estimate of drug-likeness (QED) is 0.418. The molecule has 4 N–H and O–H groups in total. The van der Waals surface area contributed by atoms with Crippen LogP contribution in [-0.4, -0.2) is 29.8 Å². The van der Waals surface area contributed by atoms with Crippen molar-refractivity contribution in [3.05, 3.63) is 0 Å². The summed E-state index contributed by atoms with van der Waals surface area (Å²) in [5.74, 6) is 1.34. The van der Waals surface area contributed by atoms with Gasteiger partial charge in [-0.05, 0) is 19.3 Å². The van der Waals surface area contributed by atoms with Crippen LogP contribution in [0.5, 0.6) is 0 Å². The lowest BCUT2D eigenvalue weighted by atomic mass is 10.1. The molecule has 1 saturated heterocycles. The fourth-order valence-corrected chi connectivity index (χ4v) is 1.78. The van der Waals surface area contributed by atoms with Crippen LogP contribution in [-0.2, 0) is 14.4 Å². The fraction of sp³-hybridized carbons (Fsp3) is 0.583. The van der Waals surface area contributed by atoms with E-state index in [0.717, 1.165) is 0 Å². The smallest absolute Gasteiger partial charge is 0.243 e. The van der Waals surface area contributed by atoms with E-state index in [9.17, 15) is 14.4 Å². The first-order valence-corrected chi connectivity index (χ1v) is 5.87. The highest BCUT2D eigenvalue weighted by Gasteiger charge is 2.29. The molecule has 18 heavy (non-hydrogen) atoms. The van der Waals surface area contributed by atoms with E-state index in [-0.39, 0.29) is 11.8 Å². The standard InChI is InChI=1S/C12H17N3O3/c1-2-3-4-5-8(11(13)17)15-12(18)9-6-7-10(16)14-9/h1,8-9H,3-7H2,(H2,13,17)(H,14,16)(H,15,18)/t8-,9+/m0/s1. The zero-order valence-electron chi connectivity index (χ0n) is 10.1. The third kappa shape index (κ3) is 4.09. The molecule has 3 amide bonds. The monoisotopic (exact) mass is 251 g/mol. The van der Waals surface area contributed by atoms with E-state index >= 15 is 0 Å². The minimum Gasteiger partial charge on any atom is -0.368 e. The number of unbranched alkanes of at least 4 members (excludes halogenated alkanes) is 1. The summed E-state index contributed by atoms with van der Waals surface area (Å²) in [6.07, 6.45) is 7.43. The Kier molecular flexibility index (Phi) is 5.18. The second-order valence-electron chi connectivity index (χ2n) is 4.22. The maximum absolute atomic E-state index is 11.8. The Hall–Kier alpha value is -2.03. The van der Waals surface area contributed by atoms with Crippen LogP contribution in [0.25, 0.3) is 0 Å². The third-order valence-electron chi connectivity index (χ3n) is 2.79. The van der Waals surface area contributed by atoms with Crippen LogP contribution < -0.4 is 16.4 Å². The molecule has 6 nitrogen and oxygen atoms in total. The minimum atomic E-state index is -0.733.